The SMILES string of the molecule is N#CC(C(=O)O)c1ncc([N+](=O)[O-])cc1C(F)(F)F. The van der Waals surface area contributed by atoms with Gasteiger partial charge in [-0.1, -0.05) is 0 Å². The molecule has 0 spiro atoms. The van der Waals surface area contributed by atoms with E-state index in [2.05, 4.69) is 4.98 Å². The number of nitro groups is 1. The van der Waals surface area contributed by atoms with Crippen LogP contribution in [0.25, 0.3) is 0 Å². The second-order valence-corrected chi connectivity index (χ2v) is 3.28. The topological polar surface area (TPSA) is 117 Å². The summed E-state index contributed by atoms with van der Waals surface area (Å²) < 4.78 is 38.1. The highest BCUT2D eigenvalue weighted by molar-refractivity contribution is 5.79. The van der Waals surface area contributed by atoms with E-state index in [-0.39, 0.29) is 6.07 Å². The molecule has 19 heavy (non-hydrogen) atoms. The molecule has 1 aromatic heterocycles. The molecule has 0 aromatic carbocycles. The largest absolute Gasteiger partial charge is 0.480 e. The second kappa shape index (κ2) is 4.89. The van der Waals surface area contributed by atoms with Crippen LogP contribution < -0.4 is 0 Å². The molecule has 0 radical (unpaired) electrons. The van der Waals surface area contributed by atoms with Gasteiger partial charge in [0.2, 0.25) is 0 Å². The van der Waals surface area contributed by atoms with E-state index in [1.807, 2.05) is 0 Å². The number of carboxylic acid groups (broad SMARTS) is 1. The molecule has 1 aromatic rings. The van der Waals surface area contributed by atoms with Crippen LogP contribution in [0, 0.1) is 21.4 Å². The molecule has 1 N–H and O–H groups in total. The van der Waals surface area contributed by atoms with Gasteiger partial charge in [0.25, 0.3) is 5.69 Å². The maximum atomic E-state index is 12.7. The minimum atomic E-state index is -5.06. The smallest absolute Gasteiger partial charge is 0.418 e. The van der Waals surface area contributed by atoms with Gasteiger partial charge >= 0.3 is 12.1 Å². The molecule has 1 heterocycles. The summed E-state index contributed by atoms with van der Waals surface area (Å²) >= 11 is 0. The maximum absolute atomic E-state index is 12.7. The lowest BCUT2D eigenvalue weighted by Crippen LogP contribution is -2.18. The summed E-state index contributed by atoms with van der Waals surface area (Å²) in [4.78, 5) is 23.0. The number of carboxylic acids is 1. The summed E-state index contributed by atoms with van der Waals surface area (Å²) in [6.45, 7) is 0. The van der Waals surface area contributed by atoms with E-state index in [4.69, 9.17) is 10.4 Å². The molecule has 0 aliphatic heterocycles. The summed E-state index contributed by atoms with van der Waals surface area (Å²) in [6, 6.07) is 1.30. The van der Waals surface area contributed by atoms with Gasteiger partial charge in [0.1, 0.15) is 6.20 Å². The molecule has 1 atom stereocenters. The lowest BCUT2D eigenvalue weighted by atomic mass is 10.0. The van der Waals surface area contributed by atoms with Crippen molar-refractivity contribution in [2.24, 2.45) is 0 Å². The summed E-state index contributed by atoms with van der Waals surface area (Å²) in [6.07, 6.45) is -4.59. The lowest BCUT2D eigenvalue weighted by molar-refractivity contribution is -0.385. The number of aromatic nitrogens is 1. The van der Waals surface area contributed by atoms with Crippen LogP contribution in [0.5, 0.6) is 0 Å². The quantitative estimate of drug-likeness (QED) is 0.662. The van der Waals surface area contributed by atoms with E-state index >= 15 is 0 Å². The van der Waals surface area contributed by atoms with Crippen LogP contribution in [0.15, 0.2) is 12.3 Å². The van der Waals surface area contributed by atoms with Gasteiger partial charge in [0.05, 0.1) is 22.2 Å². The second-order valence-electron chi connectivity index (χ2n) is 3.28. The zero-order chi connectivity index (χ0) is 14.8. The third-order valence-electron chi connectivity index (χ3n) is 2.07. The molecule has 0 amide bonds. The molecule has 1 unspecified atom stereocenters. The monoisotopic (exact) mass is 275 g/mol. The number of nitriles is 1. The Morgan fingerprint density at radius 2 is 2.16 bits per heavy atom. The average molecular weight is 275 g/mol. The number of hydrogen-bond donors (Lipinski definition) is 1. The van der Waals surface area contributed by atoms with E-state index in [1.54, 1.807) is 0 Å². The van der Waals surface area contributed by atoms with Crippen LogP contribution in [-0.4, -0.2) is 21.0 Å². The Hall–Kier alpha value is -2.70. The molecule has 7 nitrogen and oxygen atoms in total. The number of halogens is 3. The van der Waals surface area contributed by atoms with E-state index in [1.165, 1.54) is 0 Å². The first-order valence-electron chi connectivity index (χ1n) is 4.52. The molecule has 0 aliphatic carbocycles. The highest BCUT2D eigenvalue weighted by atomic mass is 19.4. The zero-order valence-electron chi connectivity index (χ0n) is 8.88. The molecule has 0 bridgehead atoms. The van der Waals surface area contributed by atoms with Crippen molar-refractivity contribution in [2.45, 2.75) is 12.1 Å². The zero-order valence-corrected chi connectivity index (χ0v) is 8.88. The van der Waals surface area contributed by atoms with Crippen molar-refractivity contribution in [1.29, 1.82) is 5.26 Å². The highest BCUT2D eigenvalue weighted by Crippen LogP contribution is 2.36. The van der Waals surface area contributed by atoms with Gasteiger partial charge in [0.15, 0.2) is 5.92 Å². The Morgan fingerprint density at radius 1 is 1.58 bits per heavy atom. The van der Waals surface area contributed by atoms with Crippen molar-refractivity contribution in [1.82, 2.24) is 4.98 Å². The van der Waals surface area contributed by atoms with E-state index in [9.17, 15) is 28.1 Å². The molecule has 100 valence electrons. The molecule has 1 rings (SSSR count). The van der Waals surface area contributed by atoms with Crippen molar-refractivity contribution in [3.8, 4) is 6.07 Å². The van der Waals surface area contributed by atoms with Crippen molar-refractivity contribution in [3.63, 3.8) is 0 Å². The number of alkyl halides is 3. The number of carbonyl (C=O) groups is 1. The number of nitrogens with zero attached hydrogens (tertiary/aromatic N) is 3. The summed E-state index contributed by atoms with van der Waals surface area (Å²) in [5.74, 6) is -3.98. The number of rotatable bonds is 3. The Kier molecular flexibility index (Phi) is 3.69. The van der Waals surface area contributed by atoms with Crippen molar-refractivity contribution < 1.29 is 28.0 Å². The number of pyridine rings is 1. The molecular formula is C9H4F3N3O4. The van der Waals surface area contributed by atoms with Gasteiger partial charge in [-0.3, -0.25) is 19.9 Å². The third kappa shape index (κ3) is 2.95. The highest BCUT2D eigenvalue weighted by Gasteiger charge is 2.39. The maximum Gasteiger partial charge on any atom is 0.418 e. The number of hydrogen-bond acceptors (Lipinski definition) is 5. The Morgan fingerprint density at radius 3 is 2.53 bits per heavy atom. The molecule has 10 heteroatoms. The molecule has 0 aliphatic rings. The average Bonchev–Trinajstić information content (AvgIpc) is 2.28. The standard InChI is InChI=1S/C9H4F3N3O4/c10-9(11,12)6-1-4(15(18)19)3-14-7(6)5(2-13)8(16)17/h1,3,5H,(H,16,17). The molecule has 0 saturated heterocycles. The lowest BCUT2D eigenvalue weighted by Gasteiger charge is -2.12. The van der Waals surface area contributed by atoms with Gasteiger partial charge in [-0.25, -0.2) is 0 Å². The fourth-order valence-electron chi connectivity index (χ4n) is 1.25. The fourth-order valence-corrected chi connectivity index (χ4v) is 1.25. The van der Waals surface area contributed by atoms with Gasteiger partial charge in [0, 0.05) is 6.07 Å². The Labute approximate surface area is 103 Å². The van der Waals surface area contributed by atoms with Crippen molar-refractivity contribution >= 4 is 11.7 Å². The first kappa shape index (κ1) is 14.4. The third-order valence-corrected chi connectivity index (χ3v) is 2.07. The number of aliphatic carboxylic acids is 1. The Balaban J connectivity index is 3.53. The van der Waals surface area contributed by atoms with E-state index in [0.29, 0.717) is 6.20 Å². The van der Waals surface area contributed by atoms with Crippen molar-refractivity contribution in [2.75, 3.05) is 0 Å². The molecule has 0 fully saturated rings. The van der Waals surface area contributed by atoms with Crippen LogP contribution in [-0.2, 0) is 11.0 Å². The van der Waals surface area contributed by atoms with Crippen LogP contribution in [0.4, 0.5) is 18.9 Å². The van der Waals surface area contributed by atoms with Gasteiger partial charge < -0.3 is 5.11 Å². The van der Waals surface area contributed by atoms with Gasteiger partial charge in [-0.05, 0) is 0 Å². The first-order chi connectivity index (χ1) is 8.68. The Bertz CT molecular complexity index is 579. The van der Waals surface area contributed by atoms with Crippen LogP contribution in [0.3, 0.4) is 0 Å². The van der Waals surface area contributed by atoms with E-state index < -0.39 is 39.9 Å². The normalized spacial score (nSPS) is 12.5. The minimum absolute atomic E-state index is 0.148. The summed E-state index contributed by atoms with van der Waals surface area (Å²) in [5, 5.41) is 27.6. The van der Waals surface area contributed by atoms with Crippen LogP contribution in [0.2, 0.25) is 0 Å². The fraction of sp³-hybridized carbons (Fsp3) is 0.222. The van der Waals surface area contributed by atoms with Gasteiger partial charge in [-0.2, -0.15) is 18.4 Å². The molecular weight excluding hydrogens is 271 g/mol. The van der Waals surface area contributed by atoms with Crippen LogP contribution in [0.1, 0.15) is 17.2 Å². The summed E-state index contributed by atoms with van der Waals surface area (Å²) in [7, 11) is 0. The predicted molar refractivity (Wildman–Crippen MR) is 51.9 cm³/mol. The van der Waals surface area contributed by atoms with E-state index in [0.717, 1.165) is 6.07 Å². The molecule has 0 saturated carbocycles. The predicted octanol–water partition coefficient (Wildman–Crippen LogP) is 1.70. The summed E-state index contributed by atoms with van der Waals surface area (Å²) in [5.41, 5.74) is -3.64. The van der Waals surface area contributed by atoms with Crippen molar-refractivity contribution in [3.05, 3.63) is 33.6 Å². The van der Waals surface area contributed by atoms with Gasteiger partial charge in [-0.15, -0.1) is 0 Å². The first-order valence-corrected chi connectivity index (χ1v) is 4.52. The van der Waals surface area contributed by atoms with Crippen LogP contribution >= 0.6 is 0 Å². The minimum Gasteiger partial charge on any atom is -0.480 e.